The van der Waals surface area contributed by atoms with E-state index in [-0.39, 0.29) is 0 Å². The van der Waals surface area contributed by atoms with Gasteiger partial charge in [0.25, 0.3) is 0 Å². The van der Waals surface area contributed by atoms with Crippen molar-refractivity contribution in [2.24, 2.45) is 0 Å². The molecule has 1 aliphatic rings. The first-order chi connectivity index (χ1) is 5.36. The number of methoxy groups -OCH3 is 2. The molecule has 2 atom stereocenters. The quantitative estimate of drug-likeness (QED) is 0.594. The summed E-state index contributed by atoms with van der Waals surface area (Å²) in [6, 6.07) is 1.33. The van der Waals surface area contributed by atoms with Crippen molar-refractivity contribution in [2.45, 2.75) is 24.9 Å². The van der Waals surface area contributed by atoms with Gasteiger partial charge in [-0.25, -0.2) is 0 Å². The zero-order valence-electron chi connectivity index (χ0n) is 7.38. The monoisotopic (exact) mass is 160 g/mol. The van der Waals surface area contributed by atoms with E-state index in [2.05, 4.69) is 5.32 Å². The predicted molar refractivity (Wildman–Crippen MR) is 42.5 cm³/mol. The molecule has 2 N–H and O–H groups in total. The van der Waals surface area contributed by atoms with Crippen LogP contribution in [0.5, 0.6) is 0 Å². The minimum atomic E-state index is 0.667. The van der Waals surface area contributed by atoms with Crippen molar-refractivity contribution in [2.75, 3.05) is 27.4 Å². The second-order valence-electron chi connectivity index (χ2n) is 3.20. The van der Waals surface area contributed by atoms with Crippen molar-refractivity contribution < 1.29 is 14.8 Å². The molecule has 3 heteroatoms. The number of hydrogen-bond acceptors (Lipinski definition) is 2. The Bertz CT molecular complexity index is 96.3. The van der Waals surface area contributed by atoms with Crippen molar-refractivity contribution in [3.8, 4) is 0 Å². The molecular weight excluding hydrogens is 142 g/mol. The molecule has 1 rings (SSSR count). The van der Waals surface area contributed by atoms with E-state index >= 15 is 0 Å². The number of nitrogens with two attached hydrogens (primary N) is 1. The number of quaternary nitrogens is 1. The Labute approximate surface area is 68.1 Å². The van der Waals surface area contributed by atoms with Crippen LogP contribution in [0, 0.1) is 0 Å². The van der Waals surface area contributed by atoms with E-state index in [0.717, 1.165) is 13.2 Å². The summed E-state index contributed by atoms with van der Waals surface area (Å²) in [5.41, 5.74) is 0. The van der Waals surface area contributed by atoms with E-state index < -0.39 is 0 Å². The lowest BCUT2D eigenvalue weighted by Gasteiger charge is -2.08. The normalized spacial score (nSPS) is 31.1. The van der Waals surface area contributed by atoms with E-state index in [1.165, 1.54) is 12.8 Å². The largest absolute Gasteiger partial charge is 0.379 e. The van der Waals surface area contributed by atoms with Crippen molar-refractivity contribution >= 4 is 0 Å². The second kappa shape index (κ2) is 4.70. The second-order valence-corrected chi connectivity index (χ2v) is 3.20. The van der Waals surface area contributed by atoms with E-state index in [9.17, 15) is 0 Å². The van der Waals surface area contributed by atoms with E-state index in [1.807, 2.05) is 0 Å². The molecule has 66 valence electrons. The van der Waals surface area contributed by atoms with Gasteiger partial charge in [0.15, 0.2) is 0 Å². The van der Waals surface area contributed by atoms with Crippen LogP contribution in [0.3, 0.4) is 0 Å². The van der Waals surface area contributed by atoms with Crippen LogP contribution in [-0.2, 0) is 9.47 Å². The minimum absolute atomic E-state index is 0.667. The summed E-state index contributed by atoms with van der Waals surface area (Å²) in [6.45, 7) is 1.75. The van der Waals surface area contributed by atoms with Crippen LogP contribution >= 0.6 is 0 Å². The molecular formula is C8H18NO2+. The first kappa shape index (κ1) is 8.97. The molecule has 1 fully saturated rings. The molecule has 1 aliphatic heterocycles. The first-order valence-corrected chi connectivity index (χ1v) is 4.19. The van der Waals surface area contributed by atoms with Gasteiger partial charge in [-0.3, -0.25) is 0 Å². The Morgan fingerprint density at radius 1 is 1.09 bits per heavy atom. The Morgan fingerprint density at radius 2 is 1.55 bits per heavy atom. The van der Waals surface area contributed by atoms with E-state index in [1.54, 1.807) is 14.2 Å². The first-order valence-electron chi connectivity index (χ1n) is 4.19. The fraction of sp³-hybridized carbons (Fsp3) is 1.00. The van der Waals surface area contributed by atoms with Crippen LogP contribution in [0.1, 0.15) is 12.8 Å². The van der Waals surface area contributed by atoms with Gasteiger partial charge < -0.3 is 14.8 Å². The molecule has 0 bridgehead atoms. The van der Waals surface area contributed by atoms with Crippen molar-refractivity contribution in [3.05, 3.63) is 0 Å². The molecule has 0 aromatic heterocycles. The standard InChI is InChI=1S/C8H17NO2/c1-10-5-7-3-4-8(9-7)6-11-2/h7-9H,3-6H2,1-2H3/p+1/t7-,8-/m0/s1. The molecule has 1 heterocycles. The number of hydrogen-bond donors (Lipinski definition) is 1. The van der Waals surface area contributed by atoms with Crippen LogP contribution in [0.2, 0.25) is 0 Å². The molecule has 0 aliphatic carbocycles. The molecule has 0 amide bonds. The summed E-state index contributed by atoms with van der Waals surface area (Å²) >= 11 is 0. The van der Waals surface area contributed by atoms with Gasteiger partial charge in [-0.2, -0.15) is 0 Å². The summed E-state index contributed by atoms with van der Waals surface area (Å²) in [5.74, 6) is 0. The van der Waals surface area contributed by atoms with Crippen molar-refractivity contribution in [1.29, 1.82) is 0 Å². The summed E-state index contributed by atoms with van der Waals surface area (Å²) in [5, 5.41) is 2.37. The molecule has 0 aromatic carbocycles. The number of rotatable bonds is 4. The van der Waals surface area contributed by atoms with Crippen LogP contribution in [0.4, 0.5) is 0 Å². The zero-order chi connectivity index (χ0) is 8.10. The van der Waals surface area contributed by atoms with Gasteiger partial charge in [-0.15, -0.1) is 0 Å². The summed E-state index contributed by atoms with van der Waals surface area (Å²) in [4.78, 5) is 0. The lowest BCUT2D eigenvalue weighted by atomic mass is 10.2. The Balaban J connectivity index is 2.12. The lowest BCUT2D eigenvalue weighted by Crippen LogP contribution is -2.93. The summed E-state index contributed by atoms with van der Waals surface area (Å²) < 4.78 is 10.2. The van der Waals surface area contributed by atoms with Crippen LogP contribution in [0.15, 0.2) is 0 Å². The average molecular weight is 160 g/mol. The average Bonchev–Trinajstić information content (AvgIpc) is 2.38. The smallest absolute Gasteiger partial charge is 0.110 e. The van der Waals surface area contributed by atoms with Gasteiger partial charge in [0.1, 0.15) is 12.1 Å². The third-order valence-electron chi connectivity index (χ3n) is 2.21. The summed E-state index contributed by atoms with van der Waals surface area (Å²) in [7, 11) is 3.52. The maximum absolute atomic E-state index is 5.08. The highest BCUT2D eigenvalue weighted by Gasteiger charge is 2.27. The SMILES string of the molecule is COC[C@@H]1CC[C@@H](COC)[NH2+]1. The van der Waals surface area contributed by atoms with Crippen LogP contribution in [-0.4, -0.2) is 39.5 Å². The van der Waals surface area contributed by atoms with Crippen LogP contribution in [0.25, 0.3) is 0 Å². The number of ether oxygens (including phenoxy) is 2. The van der Waals surface area contributed by atoms with E-state index in [0.29, 0.717) is 12.1 Å². The molecule has 0 radical (unpaired) electrons. The van der Waals surface area contributed by atoms with Crippen molar-refractivity contribution in [3.63, 3.8) is 0 Å². The highest BCUT2D eigenvalue weighted by atomic mass is 16.5. The maximum Gasteiger partial charge on any atom is 0.110 e. The molecule has 11 heavy (non-hydrogen) atoms. The molecule has 0 unspecified atom stereocenters. The third kappa shape index (κ3) is 2.77. The Morgan fingerprint density at radius 3 is 1.91 bits per heavy atom. The van der Waals surface area contributed by atoms with Crippen molar-refractivity contribution in [1.82, 2.24) is 0 Å². The zero-order valence-corrected chi connectivity index (χ0v) is 7.38. The van der Waals surface area contributed by atoms with Gasteiger partial charge in [-0.05, 0) is 0 Å². The minimum Gasteiger partial charge on any atom is -0.379 e. The lowest BCUT2D eigenvalue weighted by molar-refractivity contribution is -0.704. The molecule has 3 nitrogen and oxygen atoms in total. The van der Waals surface area contributed by atoms with Gasteiger partial charge in [0, 0.05) is 27.1 Å². The van der Waals surface area contributed by atoms with Gasteiger partial charge in [-0.1, -0.05) is 0 Å². The predicted octanol–water partition coefficient (Wildman–Crippen LogP) is -0.626. The fourth-order valence-corrected chi connectivity index (χ4v) is 1.71. The molecule has 0 spiro atoms. The summed E-state index contributed by atoms with van der Waals surface area (Å²) in [6.07, 6.45) is 2.53. The highest BCUT2D eigenvalue weighted by Crippen LogP contribution is 2.04. The third-order valence-corrected chi connectivity index (χ3v) is 2.21. The Hall–Kier alpha value is -0.120. The Kier molecular flexibility index (Phi) is 3.83. The van der Waals surface area contributed by atoms with Gasteiger partial charge in [0.2, 0.25) is 0 Å². The molecule has 0 saturated carbocycles. The van der Waals surface area contributed by atoms with E-state index in [4.69, 9.17) is 9.47 Å². The topological polar surface area (TPSA) is 35.1 Å². The highest BCUT2D eigenvalue weighted by molar-refractivity contribution is 4.66. The van der Waals surface area contributed by atoms with Crippen LogP contribution < -0.4 is 5.32 Å². The van der Waals surface area contributed by atoms with Gasteiger partial charge in [0.05, 0.1) is 13.2 Å². The maximum atomic E-state index is 5.08. The molecule has 1 saturated heterocycles. The fourth-order valence-electron chi connectivity index (χ4n) is 1.71. The van der Waals surface area contributed by atoms with Gasteiger partial charge >= 0.3 is 0 Å². The molecule has 0 aromatic rings.